The lowest BCUT2D eigenvalue weighted by Gasteiger charge is -2.45. The first-order valence-electron chi connectivity index (χ1n) is 8.84. The van der Waals surface area contributed by atoms with Gasteiger partial charge in [-0.25, -0.2) is 0 Å². The van der Waals surface area contributed by atoms with Gasteiger partial charge in [0.25, 0.3) is 0 Å². The molecule has 21 heavy (non-hydrogen) atoms. The number of hydrogen-bond acceptors (Lipinski definition) is 1. The van der Waals surface area contributed by atoms with Crippen molar-refractivity contribution in [2.24, 2.45) is 23.7 Å². The Labute approximate surface area is 133 Å². The summed E-state index contributed by atoms with van der Waals surface area (Å²) in [6.45, 7) is 23.5. The highest BCUT2D eigenvalue weighted by Crippen LogP contribution is 2.43. The highest BCUT2D eigenvalue weighted by molar-refractivity contribution is 5.36. The molecule has 0 aliphatic carbocycles. The Morgan fingerprint density at radius 1 is 0.571 bits per heavy atom. The largest absolute Gasteiger partial charge is 0.346 e. The maximum absolute atomic E-state index is 2.67. The summed E-state index contributed by atoms with van der Waals surface area (Å²) in [6, 6.07) is 0.530. The minimum Gasteiger partial charge on any atom is -0.346 e. The van der Waals surface area contributed by atoms with Gasteiger partial charge in [-0.15, -0.1) is 0 Å². The minimum atomic E-state index is 0.530. The fourth-order valence-corrected chi connectivity index (χ4v) is 3.68. The third-order valence-corrected chi connectivity index (χ3v) is 4.56. The molecular weight excluding hydrogens is 254 g/mol. The van der Waals surface area contributed by atoms with E-state index in [1.807, 2.05) is 0 Å². The molecule has 0 aromatic carbocycles. The molecule has 1 nitrogen and oxygen atoms in total. The van der Waals surface area contributed by atoms with Crippen LogP contribution in [-0.2, 0) is 0 Å². The molecule has 1 rings (SSSR count). The molecule has 1 heterocycles. The number of allylic oxidation sites excluding steroid dienone is 4. The summed E-state index contributed by atoms with van der Waals surface area (Å²) in [4.78, 5) is 2.67. The molecule has 0 bridgehead atoms. The average molecular weight is 292 g/mol. The highest BCUT2D eigenvalue weighted by atomic mass is 15.2. The molecule has 1 heteroatoms. The van der Waals surface area contributed by atoms with E-state index in [1.165, 1.54) is 6.42 Å². The van der Waals surface area contributed by atoms with Crippen LogP contribution >= 0.6 is 0 Å². The second-order valence-corrected chi connectivity index (χ2v) is 8.08. The van der Waals surface area contributed by atoms with Gasteiger partial charge in [-0.05, 0) is 55.1 Å². The number of hydrogen-bond donors (Lipinski definition) is 0. The van der Waals surface area contributed by atoms with Crippen molar-refractivity contribution in [2.45, 2.75) is 81.7 Å². The Morgan fingerprint density at radius 2 is 0.905 bits per heavy atom. The second-order valence-electron chi connectivity index (χ2n) is 8.08. The monoisotopic (exact) mass is 291 g/mol. The van der Waals surface area contributed by atoms with Crippen LogP contribution in [0.15, 0.2) is 22.5 Å². The smallest absolute Gasteiger partial charge is 0.0279 e. The van der Waals surface area contributed by atoms with E-state index in [-0.39, 0.29) is 0 Å². The lowest BCUT2D eigenvalue weighted by atomic mass is 9.79. The van der Waals surface area contributed by atoms with Crippen molar-refractivity contribution in [1.82, 2.24) is 4.90 Å². The summed E-state index contributed by atoms with van der Waals surface area (Å²) >= 11 is 0. The van der Waals surface area contributed by atoms with Gasteiger partial charge in [0.2, 0.25) is 0 Å². The Hall–Kier alpha value is -0.720. The van der Waals surface area contributed by atoms with Crippen LogP contribution in [0.2, 0.25) is 0 Å². The van der Waals surface area contributed by atoms with Crippen molar-refractivity contribution in [3.05, 3.63) is 22.5 Å². The second kappa shape index (κ2) is 7.03. The predicted molar refractivity (Wildman–Crippen MR) is 95.0 cm³/mol. The van der Waals surface area contributed by atoms with Gasteiger partial charge < -0.3 is 4.90 Å². The summed E-state index contributed by atoms with van der Waals surface area (Å²) in [5, 5.41) is 0. The van der Waals surface area contributed by atoms with Crippen LogP contribution in [0, 0.1) is 23.7 Å². The van der Waals surface area contributed by atoms with Gasteiger partial charge in [0.1, 0.15) is 0 Å². The number of nitrogens with zero attached hydrogens (tertiary/aromatic N) is 1. The van der Waals surface area contributed by atoms with Crippen LogP contribution in [0.3, 0.4) is 0 Å². The molecule has 0 spiro atoms. The van der Waals surface area contributed by atoms with Crippen LogP contribution in [0.4, 0.5) is 0 Å². The molecule has 0 radical (unpaired) electrons. The Morgan fingerprint density at radius 3 is 1.10 bits per heavy atom. The van der Waals surface area contributed by atoms with Crippen molar-refractivity contribution in [3.63, 3.8) is 0 Å². The van der Waals surface area contributed by atoms with E-state index in [9.17, 15) is 0 Å². The van der Waals surface area contributed by atoms with Gasteiger partial charge in [-0.1, -0.05) is 55.4 Å². The van der Waals surface area contributed by atoms with Crippen molar-refractivity contribution >= 4 is 0 Å². The highest BCUT2D eigenvalue weighted by Gasteiger charge is 2.33. The lowest BCUT2D eigenvalue weighted by Crippen LogP contribution is -2.39. The minimum absolute atomic E-state index is 0.530. The van der Waals surface area contributed by atoms with Gasteiger partial charge >= 0.3 is 0 Å². The van der Waals surface area contributed by atoms with Crippen molar-refractivity contribution in [3.8, 4) is 0 Å². The molecule has 0 saturated carbocycles. The van der Waals surface area contributed by atoms with Gasteiger partial charge in [-0.2, -0.15) is 0 Å². The molecular formula is C20H37N. The molecule has 1 aliphatic rings. The standard InChI is InChI=1S/C20H37N/c1-12(2)17-11-18(13(3)4)20(15(7)8)21(16(9)10)19(17)14(5)6/h12-16H,11H2,1-10H3. The zero-order valence-electron chi connectivity index (χ0n) is 16.0. The quantitative estimate of drug-likeness (QED) is 0.580. The van der Waals surface area contributed by atoms with Crippen molar-refractivity contribution < 1.29 is 0 Å². The van der Waals surface area contributed by atoms with E-state index in [1.54, 1.807) is 22.5 Å². The first kappa shape index (κ1) is 18.3. The summed E-state index contributed by atoms with van der Waals surface area (Å²) in [5.74, 6) is 2.44. The fraction of sp³-hybridized carbons (Fsp3) is 0.800. The molecule has 0 aromatic rings. The Kier molecular flexibility index (Phi) is 6.13. The van der Waals surface area contributed by atoms with Gasteiger partial charge in [0.05, 0.1) is 0 Å². The average Bonchev–Trinajstić information content (AvgIpc) is 2.34. The lowest BCUT2D eigenvalue weighted by molar-refractivity contribution is 0.268. The third-order valence-electron chi connectivity index (χ3n) is 4.56. The van der Waals surface area contributed by atoms with Crippen molar-refractivity contribution in [1.29, 1.82) is 0 Å². The van der Waals surface area contributed by atoms with Gasteiger partial charge in [-0.3, -0.25) is 0 Å². The Bertz CT molecular complexity index is 383. The molecule has 0 atom stereocenters. The summed E-state index contributed by atoms with van der Waals surface area (Å²) in [5.41, 5.74) is 6.50. The zero-order valence-corrected chi connectivity index (χ0v) is 16.0. The summed E-state index contributed by atoms with van der Waals surface area (Å²) in [7, 11) is 0. The molecule has 0 N–H and O–H groups in total. The van der Waals surface area contributed by atoms with E-state index in [2.05, 4.69) is 74.1 Å². The van der Waals surface area contributed by atoms with E-state index < -0.39 is 0 Å². The fourth-order valence-electron chi connectivity index (χ4n) is 3.68. The normalized spacial score (nSPS) is 17.6. The predicted octanol–water partition coefficient (Wildman–Crippen LogP) is 6.23. The van der Waals surface area contributed by atoms with Crippen LogP contribution < -0.4 is 0 Å². The molecule has 0 fully saturated rings. The topological polar surface area (TPSA) is 3.24 Å². The van der Waals surface area contributed by atoms with Crippen LogP contribution in [0.5, 0.6) is 0 Å². The molecule has 0 saturated heterocycles. The summed E-state index contributed by atoms with van der Waals surface area (Å²) < 4.78 is 0. The van der Waals surface area contributed by atoms with Crippen LogP contribution in [0.1, 0.15) is 75.7 Å². The van der Waals surface area contributed by atoms with Crippen LogP contribution in [-0.4, -0.2) is 10.9 Å². The molecule has 0 unspecified atom stereocenters. The molecule has 122 valence electrons. The zero-order chi connectivity index (χ0) is 16.5. The maximum Gasteiger partial charge on any atom is 0.0279 e. The van der Waals surface area contributed by atoms with Crippen molar-refractivity contribution in [2.75, 3.05) is 0 Å². The third kappa shape index (κ3) is 3.73. The van der Waals surface area contributed by atoms with E-state index >= 15 is 0 Å². The van der Waals surface area contributed by atoms with E-state index in [0.717, 1.165) is 0 Å². The molecule has 0 amide bonds. The van der Waals surface area contributed by atoms with Gasteiger partial charge in [0, 0.05) is 17.4 Å². The first-order valence-corrected chi connectivity index (χ1v) is 8.84. The number of rotatable bonds is 5. The van der Waals surface area contributed by atoms with E-state index in [4.69, 9.17) is 0 Å². The summed E-state index contributed by atoms with van der Waals surface area (Å²) in [6.07, 6.45) is 1.18. The SMILES string of the molecule is CC(C)C1=C(C(C)C)N(C(C)C)C(C(C)C)=C(C(C)C)C1. The maximum atomic E-state index is 2.67. The Balaban J connectivity index is 3.56. The van der Waals surface area contributed by atoms with E-state index in [0.29, 0.717) is 29.7 Å². The first-order chi connectivity index (χ1) is 9.59. The molecule has 0 aromatic heterocycles. The van der Waals surface area contributed by atoms with Crippen LogP contribution in [0.25, 0.3) is 0 Å². The van der Waals surface area contributed by atoms with Gasteiger partial charge in [0.15, 0.2) is 0 Å². The molecule has 1 aliphatic heterocycles.